The van der Waals surface area contributed by atoms with Gasteiger partial charge in [0.1, 0.15) is 5.82 Å². The quantitative estimate of drug-likeness (QED) is 0.718. The van der Waals surface area contributed by atoms with Crippen molar-refractivity contribution in [1.82, 2.24) is 14.6 Å². The summed E-state index contributed by atoms with van der Waals surface area (Å²) >= 11 is 3.39. The SMILES string of the molecule is Nc1c(C=C2C=C(Br)C=CC2=O)c(=O)nc2sc(C(F)(F)F)nn12. The largest absolute Gasteiger partial charge is 0.445 e. The van der Waals surface area contributed by atoms with Crippen molar-refractivity contribution in [2.45, 2.75) is 6.18 Å². The van der Waals surface area contributed by atoms with Crippen molar-refractivity contribution in [2.24, 2.45) is 0 Å². The van der Waals surface area contributed by atoms with E-state index in [1.165, 1.54) is 24.3 Å². The second kappa shape index (κ2) is 5.67. The Balaban J connectivity index is 2.21. The molecule has 3 rings (SSSR count). The highest BCUT2D eigenvalue weighted by Crippen LogP contribution is 2.33. The second-order valence-corrected chi connectivity index (χ2v) is 6.51. The molecule has 2 aromatic rings. The molecule has 6 nitrogen and oxygen atoms in total. The maximum absolute atomic E-state index is 12.7. The lowest BCUT2D eigenvalue weighted by atomic mass is 10.0. The summed E-state index contributed by atoms with van der Waals surface area (Å²) in [5.41, 5.74) is 4.86. The molecule has 0 unspecified atom stereocenters. The number of hydrogen-bond acceptors (Lipinski definition) is 6. The molecule has 0 aliphatic heterocycles. The van der Waals surface area contributed by atoms with Crippen LogP contribution in [-0.4, -0.2) is 20.4 Å². The number of fused-ring (bicyclic) bond motifs is 1. The van der Waals surface area contributed by atoms with Crippen LogP contribution in [0.15, 0.2) is 33.1 Å². The molecule has 24 heavy (non-hydrogen) atoms. The predicted molar refractivity (Wildman–Crippen MR) is 85.7 cm³/mol. The van der Waals surface area contributed by atoms with E-state index >= 15 is 0 Å². The number of aromatic nitrogens is 3. The summed E-state index contributed by atoms with van der Waals surface area (Å²) in [5.74, 6) is -0.701. The highest BCUT2D eigenvalue weighted by molar-refractivity contribution is 9.11. The van der Waals surface area contributed by atoms with Gasteiger partial charge in [-0.2, -0.15) is 22.7 Å². The fourth-order valence-corrected chi connectivity index (χ4v) is 3.06. The minimum Gasteiger partial charge on any atom is -0.383 e. The predicted octanol–water partition coefficient (Wildman–Crippen LogP) is 2.55. The van der Waals surface area contributed by atoms with Crippen molar-refractivity contribution in [3.63, 3.8) is 0 Å². The van der Waals surface area contributed by atoms with Crippen LogP contribution in [0.25, 0.3) is 11.0 Å². The maximum atomic E-state index is 12.7. The third kappa shape index (κ3) is 2.91. The van der Waals surface area contributed by atoms with E-state index < -0.39 is 16.7 Å². The minimum absolute atomic E-state index is 0.140. The fourth-order valence-electron chi connectivity index (χ4n) is 1.92. The molecule has 2 heterocycles. The summed E-state index contributed by atoms with van der Waals surface area (Å²) in [6.45, 7) is 0. The molecular formula is C13H6BrF3N4O2S. The number of ketones is 1. The molecule has 0 atom stereocenters. The molecule has 0 radical (unpaired) electrons. The highest BCUT2D eigenvalue weighted by atomic mass is 79.9. The van der Waals surface area contributed by atoms with Gasteiger partial charge in [-0.3, -0.25) is 9.59 Å². The first-order valence-corrected chi connectivity index (χ1v) is 7.85. The molecule has 0 fully saturated rings. The molecule has 0 saturated heterocycles. The van der Waals surface area contributed by atoms with Gasteiger partial charge in [0.05, 0.1) is 5.56 Å². The van der Waals surface area contributed by atoms with Crippen LogP contribution in [0.5, 0.6) is 0 Å². The van der Waals surface area contributed by atoms with Crippen molar-refractivity contribution < 1.29 is 18.0 Å². The summed E-state index contributed by atoms with van der Waals surface area (Å²) in [6.07, 6.45) is 0.757. The summed E-state index contributed by atoms with van der Waals surface area (Å²) in [7, 11) is 0. The average Bonchev–Trinajstić information content (AvgIpc) is 2.91. The first-order chi connectivity index (χ1) is 11.2. The smallest absolute Gasteiger partial charge is 0.383 e. The maximum Gasteiger partial charge on any atom is 0.445 e. The summed E-state index contributed by atoms with van der Waals surface area (Å²) in [6, 6.07) is 0. The molecule has 0 spiro atoms. The Kier molecular flexibility index (Phi) is 3.92. The van der Waals surface area contributed by atoms with Crippen LogP contribution >= 0.6 is 27.3 Å². The van der Waals surface area contributed by atoms with Crippen LogP contribution in [0.1, 0.15) is 10.6 Å². The van der Waals surface area contributed by atoms with Crippen molar-refractivity contribution >= 4 is 49.9 Å². The molecule has 0 amide bonds. The van der Waals surface area contributed by atoms with E-state index in [0.717, 1.165) is 4.52 Å². The lowest BCUT2D eigenvalue weighted by Crippen LogP contribution is -2.17. The Bertz CT molecular complexity index is 1020. The number of nitrogens with two attached hydrogens (primary N) is 1. The average molecular weight is 419 g/mol. The molecule has 0 saturated carbocycles. The zero-order valence-corrected chi connectivity index (χ0v) is 13.9. The van der Waals surface area contributed by atoms with Gasteiger partial charge >= 0.3 is 6.18 Å². The van der Waals surface area contributed by atoms with Gasteiger partial charge in [0.25, 0.3) is 5.56 Å². The Hall–Kier alpha value is -2.27. The van der Waals surface area contributed by atoms with Gasteiger partial charge in [-0.25, -0.2) is 0 Å². The number of rotatable bonds is 1. The summed E-state index contributed by atoms with van der Waals surface area (Å²) < 4.78 is 39.5. The first-order valence-electron chi connectivity index (χ1n) is 6.24. The molecule has 0 aromatic carbocycles. The van der Waals surface area contributed by atoms with Crippen molar-refractivity contribution in [1.29, 1.82) is 0 Å². The van der Waals surface area contributed by atoms with E-state index in [1.54, 1.807) is 0 Å². The van der Waals surface area contributed by atoms with Gasteiger partial charge in [0, 0.05) is 10.1 Å². The van der Waals surface area contributed by atoms with Crippen LogP contribution in [0.4, 0.5) is 19.0 Å². The highest BCUT2D eigenvalue weighted by Gasteiger charge is 2.36. The fraction of sp³-hybridized carbons (Fsp3) is 0.0769. The number of carbonyl (C=O) groups excluding carboxylic acids is 1. The van der Waals surface area contributed by atoms with Gasteiger partial charge in [-0.05, 0) is 24.3 Å². The standard InChI is InChI=1S/C13H6BrF3N4O2S/c14-6-1-2-8(22)5(3-6)4-7-9(18)21-12(19-10(7)23)24-11(20-21)13(15,16)17/h1-4H,18H2. The number of hydrogen-bond donors (Lipinski definition) is 1. The first kappa shape index (κ1) is 16.6. The van der Waals surface area contributed by atoms with Crippen LogP contribution < -0.4 is 11.3 Å². The molecule has 1 aliphatic rings. The number of allylic oxidation sites excluding steroid dienone is 5. The zero-order chi connectivity index (χ0) is 17.6. The number of halogens is 4. The van der Waals surface area contributed by atoms with E-state index in [1.807, 2.05) is 0 Å². The van der Waals surface area contributed by atoms with Gasteiger partial charge in [0.15, 0.2) is 5.78 Å². The molecule has 11 heteroatoms. The zero-order valence-electron chi connectivity index (χ0n) is 11.5. The van der Waals surface area contributed by atoms with Crippen LogP contribution in [0.2, 0.25) is 0 Å². The topological polar surface area (TPSA) is 90.4 Å². The molecule has 124 valence electrons. The summed E-state index contributed by atoms with van der Waals surface area (Å²) in [4.78, 5) is 27.2. The number of nitrogen functional groups attached to an aromatic ring is 1. The monoisotopic (exact) mass is 418 g/mol. The van der Waals surface area contributed by atoms with Crippen molar-refractivity contribution in [3.8, 4) is 0 Å². The molecular weight excluding hydrogens is 413 g/mol. The van der Waals surface area contributed by atoms with E-state index in [0.29, 0.717) is 4.48 Å². The second-order valence-electron chi connectivity index (χ2n) is 4.64. The van der Waals surface area contributed by atoms with Crippen LogP contribution in [-0.2, 0) is 11.0 Å². The van der Waals surface area contributed by atoms with Gasteiger partial charge in [-0.1, -0.05) is 27.3 Å². The van der Waals surface area contributed by atoms with E-state index in [2.05, 4.69) is 26.0 Å². The lowest BCUT2D eigenvalue weighted by Gasteiger charge is -2.06. The number of alkyl halides is 3. The van der Waals surface area contributed by atoms with E-state index in [4.69, 9.17) is 5.73 Å². The van der Waals surface area contributed by atoms with Crippen molar-refractivity contribution in [2.75, 3.05) is 5.73 Å². The Morgan fingerprint density at radius 2 is 2.00 bits per heavy atom. The van der Waals surface area contributed by atoms with Gasteiger partial charge < -0.3 is 5.73 Å². The minimum atomic E-state index is -4.68. The molecule has 2 aromatic heterocycles. The Labute approximate surface area is 143 Å². The number of nitrogens with zero attached hydrogens (tertiary/aromatic N) is 3. The molecule has 2 N–H and O–H groups in total. The molecule has 0 bridgehead atoms. The van der Waals surface area contributed by atoms with E-state index in [9.17, 15) is 22.8 Å². The van der Waals surface area contributed by atoms with Crippen LogP contribution in [0.3, 0.4) is 0 Å². The van der Waals surface area contributed by atoms with Gasteiger partial charge in [-0.15, -0.1) is 5.10 Å². The lowest BCUT2D eigenvalue weighted by molar-refractivity contribution is -0.138. The van der Waals surface area contributed by atoms with Gasteiger partial charge in [0.2, 0.25) is 9.97 Å². The third-order valence-corrected chi connectivity index (χ3v) is 4.45. The van der Waals surface area contributed by atoms with Crippen LogP contribution in [0, 0.1) is 0 Å². The third-order valence-electron chi connectivity index (χ3n) is 3.01. The normalized spacial score (nSPS) is 16.9. The Morgan fingerprint density at radius 3 is 2.67 bits per heavy atom. The Morgan fingerprint density at radius 1 is 1.29 bits per heavy atom. The number of carbonyl (C=O) groups is 1. The van der Waals surface area contributed by atoms with Crippen molar-refractivity contribution in [3.05, 3.63) is 49.2 Å². The number of anilines is 1. The summed E-state index contributed by atoms with van der Waals surface area (Å²) in [5, 5.41) is 2.17. The molecule has 1 aliphatic carbocycles. The van der Waals surface area contributed by atoms with E-state index in [-0.39, 0.29) is 39.0 Å².